The lowest BCUT2D eigenvalue weighted by molar-refractivity contribution is -0.384. The zero-order chi connectivity index (χ0) is 18.6. The summed E-state index contributed by atoms with van der Waals surface area (Å²) in [5, 5.41) is 12.9. The zero-order valence-corrected chi connectivity index (χ0v) is 14.0. The smallest absolute Gasteiger partial charge is 0.289 e. The lowest BCUT2D eigenvalue weighted by atomic mass is 10.3. The third kappa shape index (κ3) is 4.95. The number of amides is 1. The SMILES string of the molecule is O=C(CNS(=O)(=O)c1ccc(Cl)c([N+](=O)[O-])c1)Nc1cccc(F)c1. The number of carbonyl (C=O) groups excluding carboxylic acids is 1. The molecule has 0 fully saturated rings. The number of nitro groups is 1. The Morgan fingerprint density at radius 2 is 1.96 bits per heavy atom. The lowest BCUT2D eigenvalue weighted by Crippen LogP contribution is -2.32. The Kier molecular flexibility index (Phi) is 5.67. The molecule has 0 radical (unpaired) electrons. The molecule has 0 heterocycles. The summed E-state index contributed by atoms with van der Waals surface area (Å²) in [5.74, 6) is -1.30. The fraction of sp³-hybridized carbons (Fsp3) is 0.0714. The largest absolute Gasteiger partial charge is 0.325 e. The van der Waals surface area contributed by atoms with Crippen LogP contribution in [0.1, 0.15) is 0 Å². The topological polar surface area (TPSA) is 118 Å². The van der Waals surface area contributed by atoms with Crippen molar-refractivity contribution in [2.75, 3.05) is 11.9 Å². The first-order chi connectivity index (χ1) is 11.7. The molecule has 2 aromatic rings. The molecule has 0 spiro atoms. The van der Waals surface area contributed by atoms with Gasteiger partial charge < -0.3 is 5.32 Å². The Balaban J connectivity index is 2.07. The number of hydrogen-bond donors (Lipinski definition) is 2. The van der Waals surface area contributed by atoms with E-state index in [0.717, 1.165) is 24.3 Å². The van der Waals surface area contributed by atoms with Crippen molar-refractivity contribution in [2.24, 2.45) is 0 Å². The molecule has 0 unspecified atom stereocenters. The molecule has 0 atom stereocenters. The van der Waals surface area contributed by atoms with Crippen molar-refractivity contribution >= 4 is 38.9 Å². The van der Waals surface area contributed by atoms with Gasteiger partial charge in [-0.3, -0.25) is 14.9 Å². The molecular weight excluding hydrogens is 377 g/mol. The summed E-state index contributed by atoms with van der Waals surface area (Å²) >= 11 is 5.62. The van der Waals surface area contributed by atoms with Gasteiger partial charge in [0.2, 0.25) is 15.9 Å². The number of carbonyl (C=O) groups is 1. The van der Waals surface area contributed by atoms with E-state index < -0.39 is 43.8 Å². The van der Waals surface area contributed by atoms with Crippen LogP contribution in [0.2, 0.25) is 5.02 Å². The maximum atomic E-state index is 13.0. The fourth-order valence-electron chi connectivity index (χ4n) is 1.81. The summed E-state index contributed by atoms with van der Waals surface area (Å²) in [5.41, 5.74) is -0.417. The number of rotatable bonds is 6. The Morgan fingerprint density at radius 3 is 2.60 bits per heavy atom. The zero-order valence-electron chi connectivity index (χ0n) is 12.4. The molecule has 0 bridgehead atoms. The molecular formula is C14H11ClFN3O5S. The van der Waals surface area contributed by atoms with Crippen molar-refractivity contribution < 1.29 is 22.5 Å². The number of nitrogens with zero attached hydrogens (tertiary/aromatic N) is 1. The minimum Gasteiger partial charge on any atom is -0.325 e. The number of nitro benzene ring substituents is 1. The van der Waals surface area contributed by atoms with Crippen molar-refractivity contribution in [3.8, 4) is 0 Å². The van der Waals surface area contributed by atoms with Gasteiger partial charge in [0.15, 0.2) is 0 Å². The van der Waals surface area contributed by atoms with E-state index in [1.807, 2.05) is 4.72 Å². The first-order valence-electron chi connectivity index (χ1n) is 6.68. The summed E-state index contributed by atoms with van der Waals surface area (Å²) < 4.78 is 39.2. The quantitative estimate of drug-likeness (QED) is 0.582. The highest BCUT2D eigenvalue weighted by Crippen LogP contribution is 2.26. The van der Waals surface area contributed by atoms with Crippen molar-refractivity contribution in [1.82, 2.24) is 4.72 Å². The van der Waals surface area contributed by atoms with Crippen molar-refractivity contribution in [2.45, 2.75) is 4.90 Å². The Morgan fingerprint density at radius 1 is 1.24 bits per heavy atom. The second-order valence-electron chi connectivity index (χ2n) is 4.75. The molecule has 2 rings (SSSR count). The lowest BCUT2D eigenvalue weighted by Gasteiger charge is -2.08. The molecule has 0 saturated carbocycles. The van der Waals surface area contributed by atoms with Gasteiger partial charge in [0.05, 0.1) is 16.4 Å². The van der Waals surface area contributed by atoms with E-state index in [9.17, 15) is 27.7 Å². The van der Waals surface area contributed by atoms with Gasteiger partial charge in [-0.05, 0) is 30.3 Å². The minimum atomic E-state index is -4.18. The van der Waals surface area contributed by atoms with Crippen molar-refractivity contribution in [3.05, 3.63) is 63.4 Å². The van der Waals surface area contributed by atoms with Crippen LogP contribution in [-0.2, 0) is 14.8 Å². The van der Waals surface area contributed by atoms with Gasteiger partial charge in [-0.15, -0.1) is 0 Å². The van der Waals surface area contributed by atoms with Gasteiger partial charge in [0.1, 0.15) is 10.8 Å². The molecule has 132 valence electrons. The van der Waals surface area contributed by atoms with E-state index in [1.165, 1.54) is 18.2 Å². The summed E-state index contributed by atoms with van der Waals surface area (Å²) in [6, 6.07) is 7.99. The number of hydrogen-bond acceptors (Lipinski definition) is 5. The number of nitrogens with one attached hydrogen (secondary N) is 2. The monoisotopic (exact) mass is 387 g/mol. The molecule has 0 saturated heterocycles. The number of anilines is 1. The summed E-state index contributed by atoms with van der Waals surface area (Å²) in [6.45, 7) is -0.644. The van der Waals surface area contributed by atoms with Crippen LogP contribution >= 0.6 is 11.6 Å². The normalized spacial score (nSPS) is 11.1. The van der Waals surface area contributed by atoms with Crippen LogP contribution in [0.4, 0.5) is 15.8 Å². The molecule has 0 aliphatic carbocycles. The van der Waals surface area contributed by atoms with Gasteiger partial charge in [-0.1, -0.05) is 17.7 Å². The minimum absolute atomic E-state index is 0.159. The standard InChI is InChI=1S/C14H11ClFN3O5S/c15-12-5-4-11(7-13(12)19(21)22)25(23,24)17-8-14(20)18-10-3-1-2-9(16)6-10/h1-7,17H,8H2,(H,18,20). The number of halogens is 2. The highest BCUT2D eigenvalue weighted by atomic mass is 35.5. The van der Waals surface area contributed by atoms with Gasteiger partial charge in [0, 0.05) is 11.8 Å². The summed E-state index contributed by atoms with van der Waals surface area (Å²) in [7, 11) is -4.18. The maximum Gasteiger partial charge on any atom is 0.289 e. The van der Waals surface area contributed by atoms with E-state index in [2.05, 4.69) is 5.32 Å². The predicted octanol–water partition coefficient (Wildman–Crippen LogP) is 2.30. The van der Waals surface area contributed by atoms with Gasteiger partial charge in [-0.25, -0.2) is 17.5 Å². The highest BCUT2D eigenvalue weighted by molar-refractivity contribution is 7.89. The maximum absolute atomic E-state index is 13.0. The molecule has 2 aromatic carbocycles. The molecule has 0 aliphatic heterocycles. The van der Waals surface area contributed by atoms with E-state index in [-0.39, 0.29) is 10.7 Å². The van der Waals surface area contributed by atoms with Crippen LogP contribution in [0.15, 0.2) is 47.4 Å². The number of benzene rings is 2. The van der Waals surface area contributed by atoms with E-state index in [0.29, 0.717) is 0 Å². The Labute approximate surface area is 146 Å². The van der Waals surface area contributed by atoms with E-state index in [1.54, 1.807) is 0 Å². The van der Waals surface area contributed by atoms with Crippen LogP contribution in [0, 0.1) is 15.9 Å². The fourth-order valence-corrected chi connectivity index (χ4v) is 3.00. The van der Waals surface area contributed by atoms with Crippen LogP contribution in [0.5, 0.6) is 0 Å². The molecule has 25 heavy (non-hydrogen) atoms. The second kappa shape index (κ2) is 7.55. The Hall–Kier alpha value is -2.56. The first kappa shape index (κ1) is 18.8. The molecule has 0 aromatic heterocycles. The average molecular weight is 388 g/mol. The number of sulfonamides is 1. The molecule has 8 nitrogen and oxygen atoms in total. The Bertz CT molecular complexity index is 936. The van der Waals surface area contributed by atoms with E-state index >= 15 is 0 Å². The molecule has 11 heteroatoms. The average Bonchev–Trinajstić information content (AvgIpc) is 2.53. The predicted molar refractivity (Wildman–Crippen MR) is 88.3 cm³/mol. The molecule has 1 amide bonds. The van der Waals surface area contributed by atoms with Crippen LogP contribution in [0.25, 0.3) is 0 Å². The highest BCUT2D eigenvalue weighted by Gasteiger charge is 2.21. The summed E-state index contributed by atoms with van der Waals surface area (Å²) in [4.78, 5) is 21.3. The second-order valence-corrected chi connectivity index (χ2v) is 6.93. The van der Waals surface area contributed by atoms with Crippen LogP contribution in [-0.4, -0.2) is 25.8 Å². The van der Waals surface area contributed by atoms with Crippen molar-refractivity contribution in [1.29, 1.82) is 0 Å². The third-order valence-electron chi connectivity index (χ3n) is 2.96. The first-order valence-corrected chi connectivity index (χ1v) is 8.54. The van der Waals surface area contributed by atoms with Gasteiger partial charge >= 0.3 is 0 Å². The third-order valence-corrected chi connectivity index (χ3v) is 4.67. The van der Waals surface area contributed by atoms with Crippen LogP contribution in [0.3, 0.4) is 0 Å². The molecule has 2 N–H and O–H groups in total. The van der Waals surface area contributed by atoms with Crippen molar-refractivity contribution in [3.63, 3.8) is 0 Å². The molecule has 0 aliphatic rings. The van der Waals surface area contributed by atoms with Gasteiger partial charge in [-0.2, -0.15) is 0 Å². The summed E-state index contributed by atoms with van der Waals surface area (Å²) in [6.07, 6.45) is 0. The van der Waals surface area contributed by atoms with Gasteiger partial charge in [0.25, 0.3) is 5.69 Å². The van der Waals surface area contributed by atoms with Crippen LogP contribution < -0.4 is 10.0 Å². The van der Waals surface area contributed by atoms with E-state index in [4.69, 9.17) is 11.6 Å².